The van der Waals surface area contributed by atoms with Crippen molar-refractivity contribution in [1.29, 1.82) is 0 Å². The highest BCUT2D eigenvalue weighted by Gasteiger charge is 2.08. The zero-order valence-electron chi connectivity index (χ0n) is 7.16. The molecule has 0 spiro atoms. The molecule has 62 valence electrons. The fourth-order valence-electron chi connectivity index (χ4n) is 1.39. The van der Waals surface area contributed by atoms with Crippen LogP contribution in [0.3, 0.4) is 0 Å². The van der Waals surface area contributed by atoms with Crippen LogP contribution in [0.1, 0.15) is 13.3 Å². The van der Waals surface area contributed by atoms with Crippen LogP contribution in [0, 0.1) is 0 Å². The van der Waals surface area contributed by atoms with Crippen molar-refractivity contribution in [2.75, 3.05) is 0 Å². The topological polar surface area (TPSA) is 3.88 Å². The second-order valence-corrected chi connectivity index (χ2v) is 3.77. The summed E-state index contributed by atoms with van der Waals surface area (Å²) < 4.78 is 3.70. The van der Waals surface area contributed by atoms with Crippen molar-refractivity contribution in [1.82, 2.24) is 0 Å². The third kappa shape index (κ3) is 1.23. The van der Waals surface area contributed by atoms with Crippen molar-refractivity contribution >= 4 is 21.6 Å². The molecule has 2 rings (SSSR count). The van der Waals surface area contributed by atoms with Crippen LogP contribution in [0.5, 0.6) is 0 Å². The number of aromatic nitrogens is 1. The van der Waals surface area contributed by atoms with Crippen molar-refractivity contribution in [3.8, 4) is 0 Å². The van der Waals surface area contributed by atoms with Gasteiger partial charge < -0.3 is 0 Å². The molecule has 0 fully saturated rings. The third-order valence-electron chi connectivity index (χ3n) is 1.95. The molecule has 12 heavy (non-hydrogen) atoms. The van der Waals surface area contributed by atoms with E-state index in [9.17, 15) is 0 Å². The largest absolute Gasteiger partial charge is 0.225 e. The molecule has 0 aliphatic heterocycles. The monoisotopic (exact) mass is 178 g/mol. The fraction of sp³-hybridized carbons (Fsp3) is 0.300. The van der Waals surface area contributed by atoms with Gasteiger partial charge in [-0.15, -0.1) is 0 Å². The van der Waals surface area contributed by atoms with Crippen LogP contribution >= 0.6 is 11.3 Å². The van der Waals surface area contributed by atoms with Crippen LogP contribution in [0.2, 0.25) is 0 Å². The minimum atomic E-state index is 1.13. The molecule has 0 amide bonds. The molecule has 0 aliphatic rings. The minimum Gasteiger partial charge on any atom is -0.189 e. The Kier molecular flexibility index (Phi) is 2.09. The summed E-state index contributed by atoms with van der Waals surface area (Å²) in [4.78, 5) is 0. The highest BCUT2D eigenvalue weighted by atomic mass is 32.1. The Balaban J connectivity index is 2.55. The summed E-state index contributed by atoms with van der Waals surface area (Å²) in [6.07, 6.45) is 1.20. The quantitative estimate of drug-likeness (QED) is 0.622. The Bertz CT molecular complexity index is 378. The summed E-state index contributed by atoms with van der Waals surface area (Å²) in [6.45, 7) is 3.34. The predicted molar refractivity (Wildman–Crippen MR) is 52.3 cm³/mol. The first-order valence-electron chi connectivity index (χ1n) is 4.27. The average molecular weight is 178 g/mol. The van der Waals surface area contributed by atoms with Gasteiger partial charge >= 0.3 is 0 Å². The van der Waals surface area contributed by atoms with Gasteiger partial charge in [0.05, 0.1) is 0 Å². The second-order valence-electron chi connectivity index (χ2n) is 2.88. The number of nitrogens with zero attached hydrogens (tertiary/aromatic N) is 1. The number of hydrogen-bond donors (Lipinski definition) is 0. The first-order valence-corrected chi connectivity index (χ1v) is 5.15. The highest BCUT2D eigenvalue weighted by Crippen LogP contribution is 2.14. The molecule has 0 saturated heterocycles. The van der Waals surface area contributed by atoms with Crippen LogP contribution in [-0.4, -0.2) is 0 Å². The molecule has 0 radical (unpaired) electrons. The molecule has 0 saturated carbocycles. The van der Waals surface area contributed by atoms with Crippen LogP contribution in [-0.2, 0) is 6.54 Å². The number of fused-ring (bicyclic) bond motifs is 1. The summed E-state index contributed by atoms with van der Waals surface area (Å²) in [6, 6.07) is 8.55. The molecule has 1 nitrogen and oxygen atoms in total. The first kappa shape index (κ1) is 7.74. The van der Waals surface area contributed by atoms with E-state index in [1.54, 1.807) is 0 Å². The van der Waals surface area contributed by atoms with Crippen LogP contribution in [0.15, 0.2) is 29.8 Å². The number of benzene rings is 1. The minimum absolute atomic E-state index is 1.13. The van der Waals surface area contributed by atoms with E-state index in [4.69, 9.17) is 0 Å². The van der Waals surface area contributed by atoms with E-state index in [0.717, 1.165) is 6.54 Å². The van der Waals surface area contributed by atoms with Gasteiger partial charge in [-0.05, 0) is 6.07 Å². The Morgan fingerprint density at radius 2 is 2.17 bits per heavy atom. The summed E-state index contributed by atoms with van der Waals surface area (Å²) in [5, 5.41) is 0. The van der Waals surface area contributed by atoms with E-state index in [0.29, 0.717) is 0 Å². The van der Waals surface area contributed by atoms with Gasteiger partial charge in [-0.3, -0.25) is 0 Å². The van der Waals surface area contributed by atoms with Gasteiger partial charge in [0.25, 0.3) is 0 Å². The molecular weight excluding hydrogens is 166 g/mol. The van der Waals surface area contributed by atoms with Crippen molar-refractivity contribution < 1.29 is 4.57 Å². The molecule has 0 bridgehead atoms. The van der Waals surface area contributed by atoms with Gasteiger partial charge in [0.2, 0.25) is 11.0 Å². The van der Waals surface area contributed by atoms with E-state index in [2.05, 4.69) is 41.3 Å². The Morgan fingerprint density at radius 1 is 1.33 bits per heavy atom. The molecule has 1 aromatic carbocycles. The van der Waals surface area contributed by atoms with E-state index >= 15 is 0 Å². The van der Waals surface area contributed by atoms with Gasteiger partial charge in [-0.1, -0.05) is 30.4 Å². The maximum absolute atomic E-state index is 2.32. The SMILES string of the molecule is CCC[n+]1csc2ccccc21. The number of rotatable bonds is 2. The maximum Gasteiger partial charge on any atom is 0.225 e. The molecule has 1 aromatic heterocycles. The molecular formula is C10H12NS+. The number of thiazole rings is 1. The van der Waals surface area contributed by atoms with Crippen molar-refractivity contribution in [2.45, 2.75) is 19.9 Å². The second kappa shape index (κ2) is 3.23. The summed E-state index contributed by atoms with van der Waals surface area (Å²) in [5.74, 6) is 0. The molecule has 0 aliphatic carbocycles. The van der Waals surface area contributed by atoms with Crippen molar-refractivity contribution in [3.05, 3.63) is 29.8 Å². The number of para-hydroxylation sites is 1. The lowest BCUT2D eigenvalue weighted by molar-refractivity contribution is -0.667. The van der Waals surface area contributed by atoms with E-state index in [-0.39, 0.29) is 0 Å². The van der Waals surface area contributed by atoms with Crippen molar-refractivity contribution in [2.24, 2.45) is 0 Å². The standard InChI is InChI=1S/C10H12NS/c1-2-7-11-8-12-10-6-4-3-5-9(10)11/h3-6,8H,2,7H2,1H3/q+1. The average Bonchev–Trinajstić information content (AvgIpc) is 2.50. The highest BCUT2D eigenvalue weighted by molar-refractivity contribution is 7.16. The lowest BCUT2D eigenvalue weighted by atomic mass is 10.3. The van der Waals surface area contributed by atoms with Crippen LogP contribution in [0.4, 0.5) is 0 Å². The van der Waals surface area contributed by atoms with Crippen LogP contribution < -0.4 is 4.57 Å². The predicted octanol–water partition coefficient (Wildman–Crippen LogP) is 2.60. The lowest BCUT2D eigenvalue weighted by Gasteiger charge is -1.88. The molecule has 2 aromatic rings. The summed E-state index contributed by atoms with van der Waals surface area (Å²) >= 11 is 1.82. The molecule has 1 heterocycles. The zero-order chi connectivity index (χ0) is 8.39. The Morgan fingerprint density at radius 3 is 3.00 bits per heavy atom. The van der Waals surface area contributed by atoms with Gasteiger partial charge in [0, 0.05) is 12.5 Å². The molecule has 2 heteroatoms. The normalized spacial score (nSPS) is 10.8. The maximum atomic E-state index is 2.32. The fourth-order valence-corrected chi connectivity index (χ4v) is 2.31. The van der Waals surface area contributed by atoms with E-state index in [1.807, 2.05) is 11.3 Å². The Labute approximate surface area is 76.3 Å². The lowest BCUT2D eigenvalue weighted by Crippen LogP contribution is -2.30. The third-order valence-corrected chi connectivity index (χ3v) is 2.91. The molecule has 0 atom stereocenters. The smallest absolute Gasteiger partial charge is 0.189 e. The number of hydrogen-bond acceptors (Lipinski definition) is 1. The van der Waals surface area contributed by atoms with Gasteiger partial charge in [0.15, 0.2) is 0 Å². The summed E-state index contributed by atoms with van der Waals surface area (Å²) in [7, 11) is 0. The van der Waals surface area contributed by atoms with Gasteiger partial charge in [-0.2, -0.15) is 4.57 Å². The first-order chi connectivity index (χ1) is 5.92. The van der Waals surface area contributed by atoms with Crippen molar-refractivity contribution in [3.63, 3.8) is 0 Å². The Hall–Kier alpha value is -0.890. The zero-order valence-corrected chi connectivity index (χ0v) is 7.97. The van der Waals surface area contributed by atoms with E-state index in [1.165, 1.54) is 16.6 Å². The van der Waals surface area contributed by atoms with Gasteiger partial charge in [-0.25, -0.2) is 0 Å². The molecule has 0 N–H and O–H groups in total. The number of aryl methyl sites for hydroxylation is 1. The van der Waals surface area contributed by atoms with Gasteiger partial charge in [0.1, 0.15) is 11.2 Å². The van der Waals surface area contributed by atoms with E-state index < -0.39 is 0 Å². The van der Waals surface area contributed by atoms with Crippen LogP contribution in [0.25, 0.3) is 10.2 Å². The summed E-state index contributed by atoms with van der Waals surface area (Å²) in [5.41, 5.74) is 3.57. The molecule has 0 unspecified atom stereocenters.